The zero-order chi connectivity index (χ0) is 25.3. The minimum absolute atomic E-state index is 0.0750. The van der Waals surface area contributed by atoms with E-state index < -0.39 is 0 Å². The van der Waals surface area contributed by atoms with E-state index in [9.17, 15) is 4.79 Å². The monoisotopic (exact) mass is 485 g/mol. The molecule has 8 nitrogen and oxygen atoms in total. The molecule has 8 heteroatoms. The predicted molar refractivity (Wildman–Crippen MR) is 147 cm³/mol. The van der Waals surface area contributed by atoms with Crippen molar-refractivity contribution in [2.24, 2.45) is 11.7 Å². The Bertz CT molecular complexity index is 1270. The first-order chi connectivity index (χ1) is 17.3. The van der Waals surface area contributed by atoms with Gasteiger partial charge in [-0.2, -0.15) is 0 Å². The maximum Gasteiger partial charge on any atom is 0.259 e. The first kappa shape index (κ1) is 24.1. The Morgan fingerprint density at radius 3 is 2.78 bits per heavy atom. The summed E-state index contributed by atoms with van der Waals surface area (Å²) in [6.45, 7) is 9.13. The average Bonchev–Trinajstić information content (AvgIpc) is 3.45. The Morgan fingerprint density at radius 2 is 2.03 bits per heavy atom. The van der Waals surface area contributed by atoms with E-state index in [2.05, 4.69) is 51.8 Å². The van der Waals surface area contributed by atoms with Gasteiger partial charge in [-0.15, -0.1) is 0 Å². The van der Waals surface area contributed by atoms with Crippen LogP contribution in [0.25, 0.3) is 0 Å². The lowest BCUT2D eigenvalue weighted by atomic mass is 9.87. The van der Waals surface area contributed by atoms with Gasteiger partial charge in [-0.3, -0.25) is 4.79 Å². The number of nitrogens with zero attached hydrogens (tertiary/aromatic N) is 2. The van der Waals surface area contributed by atoms with Crippen molar-refractivity contribution in [3.05, 3.63) is 71.4 Å². The van der Waals surface area contributed by atoms with E-state index in [-0.39, 0.29) is 11.3 Å². The number of rotatable bonds is 7. The van der Waals surface area contributed by atoms with Crippen LogP contribution < -0.4 is 32.3 Å². The summed E-state index contributed by atoms with van der Waals surface area (Å²) in [6, 6.07) is 15.3. The molecule has 0 aliphatic carbocycles. The molecule has 1 atom stereocenters. The third kappa shape index (κ3) is 4.87. The van der Waals surface area contributed by atoms with E-state index in [4.69, 9.17) is 11.5 Å². The van der Waals surface area contributed by atoms with Crippen molar-refractivity contribution in [3.63, 3.8) is 0 Å². The molecule has 3 aromatic rings. The number of hydrogen-bond acceptors (Lipinski definition) is 7. The van der Waals surface area contributed by atoms with Crippen LogP contribution in [0.4, 0.5) is 28.6 Å². The van der Waals surface area contributed by atoms with Crippen molar-refractivity contribution in [2.75, 3.05) is 47.4 Å². The van der Waals surface area contributed by atoms with Crippen LogP contribution in [0.15, 0.2) is 54.7 Å². The molecule has 1 amide bonds. The van der Waals surface area contributed by atoms with Gasteiger partial charge in [0.2, 0.25) is 0 Å². The normalized spacial score (nSPS) is 18.2. The number of pyridine rings is 1. The Balaban J connectivity index is 1.36. The van der Waals surface area contributed by atoms with Crippen molar-refractivity contribution in [1.29, 1.82) is 0 Å². The number of carbonyl (C=O) groups is 1. The number of benzene rings is 2. The van der Waals surface area contributed by atoms with Gasteiger partial charge in [0.15, 0.2) is 0 Å². The van der Waals surface area contributed by atoms with E-state index in [1.54, 1.807) is 24.4 Å². The molecule has 2 aliphatic rings. The smallest absolute Gasteiger partial charge is 0.259 e. The number of amides is 1. The number of aromatic nitrogens is 1. The molecule has 1 aromatic heterocycles. The second-order valence-electron chi connectivity index (χ2n) is 10.5. The molecule has 3 heterocycles. The Kier molecular flexibility index (Phi) is 6.55. The average molecular weight is 486 g/mol. The molecular formula is C28H35N7O. The van der Waals surface area contributed by atoms with Gasteiger partial charge in [0.1, 0.15) is 5.82 Å². The highest BCUT2D eigenvalue weighted by atomic mass is 16.1. The second kappa shape index (κ2) is 9.79. The fourth-order valence-corrected chi connectivity index (χ4v) is 5.32. The van der Waals surface area contributed by atoms with Gasteiger partial charge in [0, 0.05) is 54.0 Å². The predicted octanol–water partition coefficient (Wildman–Crippen LogP) is 3.83. The lowest BCUT2D eigenvalue weighted by Gasteiger charge is -2.25. The van der Waals surface area contributed by atoms with Crippen LogP contribution in [-0.4, -0.2) is 37.1 Å². The number of nitrogens with two attached hydrogens (primary N) is 2. The van der Waals surface area contributed by atoms with Crippen LogP contribution in [-0.2, 0) is 12.0 Å². The number of carbonyl (C=O) groups excluding carboxylic acids is 1. The van der Waals surface area contributed by atoms with E-state index in [1.165, 1.54) is 17.7 Å². The number of nitrogen functional groups attached to an aromatic ring is 1. The summed E-state index contributed by atoms with van der Waals surface area (Å²) in [5.41, 5.74) is 17.9. The van der Waals surface area contributed by atoms with Crippen molar-refractivity contribution in [1.82, 2.24) is 10.3 Å². The number of fused-ring (bicyclic) bond motifs is 1. The number of nitrogens with one attached hydrogen (secondary N) is 3. The van der Waals surface area contributed by atoms with Gasteiger partial charge in [-0.05, 0) is 73.0 Å². The molecule has 2 aliphatic heterocycles. The van der Waals surface area contributed by atoms with Crippen LogP contribution in [0.2, 0.25) is 0 Å². The largest absolute Gasteiger partial charge is 0.398 e. The molecule has 1 fully saturated rings. The Labute approximate surface area is 212 Å². The molecule has 0 radical (unpaired) electrons. The van der Waals surface area contributed by atoms with Gasteiger partial charge in [0.25, 0.3) is 5.91 Å². The summed E-state index contributed by atoms with van der Waals surface area (Å²) in [7, 11) is 0. The fourth-order valence-electron chi connectivity index (χ4n) is 5.32. The highest BCUT2D eigenvalue weighted by molar-refractivity contribution is 6.08. The Hall–Kier alpha value is -3.62. The zero-order valence-electron chi connectivity index (χ0n) is 21.0. The molecule has 2 aromatic carbocycles. The summed E-state index contributed by atoms with van der Waals surface area (Å²) >= 11 is 0. The number of hydrogen-bond donors (Lipinski definition) is 5. The van der Waals surface area contributed by atoms with Crippen LogP contribution in [0, 0.1) is 5.92 Å². The van der Waals surface area contributed by atoms with Crippen molar-refractivity contribution in [2.45, 2.75) is 32.2 Å². The SMILES string of the molecule is CC1(C)CN(CC2CCNC2)c2cc(NC(=O)c3cccnc3Nc3ccc(CN)c(N)c3)ccc21. The molecule has 1 saturated heterocycles. The summed E-state index contributed by atoms with van der Waals surface area (Å²) < 4.78 is 0. The summed E-state index contributed by atoms with van der Waals surface area (Å²) in [5, 5.41) is 9.78. The quantitative estimate of drug-likeness (QED) is 0.323. The molecule has 1 unspecified atom stereocenters. The standard InChI is InChI=1S/C28H35N7O/c1-28(2)17-35(16-18-9-11-31-15-18)25-13-21(7-8-23(25)28)34-27(36)22-4-3-10-32-26(22)33-20-6-5-19(14-29)24(30)12-20/h3-8,10,12-13,18,31H,9,11,14-17,29-30H2,1-2H3,(H,32,33)(H,34,36). The Morgan fingerprint density at radius 1 is 1.19 bits per heavy atom. The highest BCUT2D eigenvalue weighted by Crippen LogP contribution is 2.42. The molecule has 36 heavy (non-hydrogen) atoms. The third-order valence-corrected chi connectivity index (χ3v) is 7.23. The molecular weight excluding hydrogens is 450 g/mol. The second-order valence-corrected chi connectivity index (χ2v) is 10.5. The summed E-state index contributed by atoms with van der Waals surface area (Å²) in [4.78, 5) is 20.2. The van der Waals surface area contributed by atoms with Crippen molar-refractivity contribution in [3.8, 4) is 0 Å². The highest BCUT2D eigenvalue weighted by Gasteiger charge is 2.36. The maximum absolute atomic E-state index is 13.3. The van der Waals surface area contributed by atoms with Crippen molar-refractivity contribution < 1.29 is 4.79 Å². The zero-order valence-corrected chi connectivity index (χ0v) is 21.0. The maximum atomic E-state index is 13.3. The fraction of sp³-hybridized carbons (Fsp3) is 0.357. The molecule has 0 bridgehead atoms. The van der Waals surface area contributed by atoms with E-state index in [0.717, 1.165) is 43.1 Å². The summed E-state index contributed by atoms with van der Waals surface area (Å²) in [6.07, 6.45) is 2.87. The van der Waals surface area contributed by atoms with Gasteiger partial charge in [-0.1, -0.05) is 26.0 Å². The summed E-state index contributed by atoms with van der Waals surface area (Å²) in [5.74, 6) is 0.899. The lowest BCUT2D eigenvalue weighted by molar-refractivity contribution is 0.102. The molecule has 5 rings (SSSR count). The molecule has 0 spiro atoms. The van der Waals surface area contributed by atoms with E-state index in [0.29, 0.717) is 29.5 Å². The van der Waals surface area contributed by atoms with Crippen LogP contribution in [0.5, 0.6) is 0 Å². The topological polar surface area (TPSA) is 121 Å². The minimum atomic E-state index is -0.221. The number of anilines is 5. The van der Waals surface area contributed by atoms with E-state index >= 15 is 0 Å². The minimum Gasteiger partial charge on any atom is -0.398 e. The first-order valence-corrected chi connectivity index (χ1v) is 12.6. The van der Waals surface area contributed by atoms with Gasteiger partial charge >= 0.3 is 0 Å². The molecule has 7 N–H and O–H groups in total. The van der Waals surface area contributed by atoms with Gasteiger partial charge in [-0.25, -0.2) is 4.98 Å². The lowest BCUT2D eigenvalue weighted by Crippen LogP contribution is -2.33. The van der Waals surface area contributed by atoms with E-state index in [1.807, 2.05) is 18.2 Å². The first-order valence-electron chi connectivity index (χ1n) is 12.6. The van der Waals surface area contributed by atoms with Gasteiger partial charge < -0.3 is 32.3 Å². The third-order valence-electron chi connectivity index (χ3n) is 7.23. The molecule has 188 valence electrons. The molecule has 0 saturated carbocycles. The van der Waals surface area contributed by atoms with Crippen molar-refractivity contribution >= 4 is 34.5 Å². The van der Waals surface area contributed by atoms with Gasteiger partial charge in [0.05, 0.1) is 5.56 Å². The van der Waals surface area contributed by atoms with Crippen LogP contribution in [0.1, 0.15) is 41.8 Å². The van der Waals surface area contributed by atoms with Crippen LogP contribution in [0.3, 0.4) is 0 Å². The van der Waals surface area contributed by atoms with Crippen LogP contribution >= 0.6 is 0 Å².